The number of methoxy groups -OCH3 is 1. The summed E-state index contributed by atoms with van der Waals surface area (Å²) in [7, 11) is -1.95. The Labute approximate surface area is 189 Å². The minimum Gasteiger partial charge on any atom is -0.497 e. The van der Waals surface area contributed by atoms with E-state index in [0.29, 0.717) is 20.7 Å². The average Bonchev–Trinajstić information content (AvgIpc) is 3.33. The summed E-state index contributed by atoms with van der Waals surface area (Å²) >= 11 is 7.75. The molecule has 8 nitrogen and oxygen atoms in total. The Morgan fingerprint density at radius 3 is 2.42 bits per heavy atom. The molecular weight excluding hydrogens is 460 g/mol. The molecule has 1 aliphatic rings. The third-order valence-corrected chi connectivity index (χ3v) is 9.87. The van der Waals surface area contributed by atoms with E-state index in [1.54, 1.807) is 46.1 Å². The number of nitrogens with two attached hydrogens (primary N) is 1. The lowest BCUT2D eigenvalue weighted by molar-refractivity contribution is 0.415. The average molecular weight is 481 g/mol. The van der Waals surface area contributed by atoms with Crippen LogP contribution in [-0.4, -0.2) is 42.1 Å². The fraction of sp³-hybridized carbons (Fsp3) is 0.350. The number of benzene rings is 1. The van der Waals surface area contributed by atoms with E-state index < -0.39 is 20.1 Å². The largest absolute Gasteiger partial charge is 0.497 e. The second-order valence-corrected chi connectivity index (χ2v) is 12.0. The smallest absolute Gasteiger partial charge is 0.258 e. The molecule has 31 heavy (non-hydrogen) atoms. The molecule has 1 aliphatic heterocycles. The first-order valence-electron chi connectivity index (χ1n) is 9.33. The molecule has 1 unspecified atom stereocenters. The molecule has 0 fully saturated rings. The number of thiophene rings is 1. The summed E-state index contributed by atoms with van der Waals surface area (Å²) in [6.45, 7) is 4.83. The number of halogens is 1. The molecule has 0 amide bonds. The van der Waals surface area contributed by atoms with Crippen LogP contribution < -0.4 is 10.5 Å². The van der Waals surface area contributed by atoms with Gasteiger partial charge in [0.15, 0.2) is 9.84 Å². The Hall–Kier alpha value is -2.43. The summed E-state index contributed by atoms with van der Waals surface area (Å²) in [6.07, 6.45) is 0. The first-order chi connectivity index (χ1) is 14.5. The van der Waals surface area contributed by atoms with Crippen molar-refractivity contribution in [3.63, 3.8) is 0 Å². The highest BCUT2D eigenvalue weighted by atomic mass is 35.5. The highest BCUT2D eigenvalue weighted by Crippen LogP contribution is 2.45. The van der Waals surface area contributed by atoms with Gasteiger partial charge in [0, 0.05) is 5.56 Å². The van der Waals surface area contributed by atoms with E-state index in [1.807, 2.05) is 12.1 Å². The molecule has 0 aliphatic carbocycles. The van der Waals surface area contributed by atoms with Crippen molar-refractivity contribution >= 4 is 38.6 Å². The molecule has 0 saturated carbocycles. The lowest BCUT2D eigenvalue weighted by Crippen LogP contribution is -2.54. The van der Waals surface area contributed by atoms with Gasteiger partial charge in [-0.1, -0.05) is 11.6 Å². The second-order valence-electron chi connectivity index (χ2n) is 7.97. The number of aromatic nitrogens is 2. The van der Waals surface area contributed by atoms with Gasteiger partial charge in [0.05, 0.1) is 27.6 Å². The normalized spacial score (nSPS) is 22.2. The van der Waals surface area contributed by atoms with Crippen LogP contribution in [0, 0.1) is 0 Å². The standard InChI is InChI=1S/C20H21ClN4O4S2/c1-19(2)18(22)23-20(3,10-31(19,26)27)15-13(21)9-14(30-15)17-25-24-16(29-17)11-5-7-12(28-4)8-6-11/h5-9H,10H2,1-4H3,(H2,22,23). The third kappa shape index (κ3) is 3.62. The number of sulfone groups is 1. The van der Waals surface area contributed by atoms with Crippen LogP contribution in [0.2, 0.25) is 5.02 Å². The number of hydrogen-bond donors (Lipinski definition) is 1. The molecule has 0 spiro atoms. The van der Waals surface area contributed by atoms with Gasteiger partial charge in [-0.15, -0.1) is 21.5 Å². The molecule has 164 valence electrons. The predicted molar refractivity (Wildman–Crippen MR) is 121 cm³/mol. The van der Waals surface area contributed by atoms with Gasteiger partial charge < -0.3 is 14.9 Å². The van der Waals surface area contributed by atoms with Crippen molar-refractivity contribution in [1.82, 2.24) is 10.2 Å². The van der Waals surface area contributed by atoms with Gasteiger partial charge in [-0.2, -0.15) is 0 Å². The molecule has 0 radical (unpaired) electrons. The van der Waals surface area contributed by atoms with Crippen LogP contribution in [-0.2, 0) is 15.4 Å². The molecule has 3 heterocycles. The molecular formula is C20H21ClN4O4S2. The maximum absolute atomic E-state index is 12.8. The van der Waals surface area contributed by atoms with E-state index in [1.165, 1.54) is 11.3 Å². The van der Waals surface area contributed by atoms with Crippen LogP contribution in [0.1, 0.15) is 25.6 Å². The number of aliphatic imine (C=N–C) groups is 1. The Morgan fingerprint density at radius 2 is 1.81 bits per heavy atom. The molecule has 1 aromatic carbocycles. The molecule has 1 atom stereocenters. The molecule has 0 saturated heterocycles. The minimum atomic E-state index is -3.55. The van der Waals surface area contributed by atoms with Crippen LogP contribution in [0.15, 0.2) is 39.7 Å². The number of amidine groups is 1. The van der Waals surface area contributed by atoms with Crippen LogP contribution in [0.25, 0.3) is 22.2 Å². The summed E-state index contributed by atoms with van der Waals surface area (Å²) in [5.41, 5.74) is 5.68. The van der Waals surface area contributed by atoms with E-state index in [-0.39, 0.29) is 17.5 Å². The number of hydrogen-bond acceptors (Lipinski definition) is 9. The van der Waals surface area contributed by atoms with Gasteiger partial charge in [0.1, 0.15) is 21.9 Å². The van der Waals surface area contributed by atoms with Gasteiger partial charge in [-0.3, -0.25) is 4.99 Å². The number of ether oxygens (including phenoxy) is 1. The molecule has 0 bridgehead atoms. The number of rotatable bonds is 4. The van der Waals surface area contributed by atoms with Crippen LogP contribution in [0.5, 0.6) is 5.75 Å². The summed E-state index contributed by atoms with van der Waals surface area (Å²) in [5.74, 6) is 1.21. The van der Waals surface area contributed by atoms with E-state index in [2.05, 4.69) is 15.2 Å². The van der Waals surface area contributed by atoms with Crippen LogP contribution >= 0.6 is 22.9 Å². The van der Waals surface area contributed by atoms with Gasteiger partial charge in [0.25, 0.3) is 5.89 Å². The fourth-order valence-electron chi connectivity index (χ4n) is 3.27. The summed E-state index contributed by atoms with van der Waals surface area (Å²) in [6, 6.07) is 8.91. The lowest BCUT2D eigenvalue weighted by Gasteiger charge is -2.37. The van der Waals surface area contributed by atoms with Crippen molar-refractivity contribution in [3.8, 4) is 28.0 Å². The zero-order valence-electron chi connectivity index (χ0n) is 17.3. The predicted octanol–water partition coefficient (Wildman–Crippen LogP) is 3.91. The van der Waals surface area contributed by atoms with Crippen molar-refractivity contribution in [2.24, 2.45) is 10.7 Å². The van der Waals surface area contributed by atoms with Crippen LogP contribution in [0.4, 0.5) is 0 Å². The van der Waals surface area contributed by atoms with Gasteiger partial charge in [-0.05, 0) is 51.1 Å². The summed E-state index contributed by atoms with van der Waals surface area (Å²) < 4.78 is 35.5. The maximum atomic E-state index is 12.8. The van der Waals surface area contributed by atoms with Crippen molar-refractivity contribution in [2.75, 3.05) is 12.9 Å². The van der Waals surface area contributed by atoms with Crippen molar-refractivity contribution in [1.29, 1.82) is 0 Å². The van der Waals surface area contributed by atoms with Gasteiger partial charge in [0.2, 0.25) is 5.89 Å². The Morgan fingerprint density at radius 1 is 1.16 bits per heavy atom. The Bertz CT molecular complexity index is 1280. The van der Waals surface area contributed by atoms with Crippen molar-refractivity contribution < 1.29 is 17.6 Å². The SMILES string of the molecule is COc1ccc(-c2nnc(-c3cc(Cl)c(C4(C)CS(=O)(=O)C(C)(C)C(N)=N4)s3)o2)cc1. The molecule has 2 aromatic heterocycles. The zero-order valence-corrected chi connectivity index (χ0v) is 19.7. The Kier molecular flexibility index (Phi) is 5.14. The number of nitrogens with zero attached hydrogens (tertiary/aromatic N) is 3. The van der Waals surface area contributed by atoms with Gasteiger partial charge >= 0.3 is 0 Å². The highest BCUT2D eigenvalue weighted by Gasteiger charge is 2.50. The van der Waals surface area contributed by atoms with E-state index >= 15 is 0 Å². The fourth-order valence-corrected chi connectivity index (χ4v) is 6.59. The Balaban J connectivity index is 1.70. The zero-order chi connectivity index (χ0) is 22.6. The summed E-state index contributed by atoms with van der Waals surface area (Å²) in [5, 5.41) is 8.60. The maximum Gasteiger partial charge on any atom is 0.258 e. The van der Waals surface area contributed by atoms with E-state index in [4.69, 9.17) is 26.5 Å². The minimum absolute atomic E-state index is 0.0619. The van der Waals surface area contributed by atoms with Crippen molar-refractivity contribution in [3.05, 3.63) is 40.2 Å². The van der Waals surface area contributed by atoms with E-state index in [9.17, 15) is 8.42 Å². The van der Waals surface area contributed by atoms with Crippen LogP contribution in [0.3, 0.4) is 0 Å². The second kappa shape index (κ2) is 7.32. The molecule has 2 N–H and O–H groups in total. The quantitative estimate of drug-likeness (QED) is 0.600. The topological polar surface area (TPSA) is 121 Å². The van der Waals surface area contributed by atoms with Gasteiger partial charge in [-0.25, -0.2) is 8.42 Å². The first kappa shape index (κ1) is 21.8. The monoisotopic (exact) mass is 480 g/mol. The summed E-state index contributed by atoms with van der Waals surface area (Å²) in [4.78, 5) is 5.73. The third-order valence-electron chi connectivity index (χ3n) is 5.38. The molecule has 11 heteroatoms. The van der Waals surface area contributed by atoms with Crippen molar-refractivity contribution in [2.45, 2.75) is 31.1 Å². The first-order valence-corrected chi connectivity index (χ1v) is 12.2. The molecule has 4 rings (SSSR count). The highest BCUT2D eigenvalue weighted by molar-refractivity contribution is 7.93. The molecule has 3 aromatic rings. The lowest BCUT2D eigenvalue weighted by atomic mass is 10.0. The van der Waals surface area contributed by atoms with E-state index in [0.717, 1.165) is 11.3 Å².